The molecular formula is C16H23F3N4O3. The first-order valence-corrected chi connectivity index (χ1v) is 7.78. The van der Waals surface area contributed by atoms with E-state index in [0.717, 1.165) is 0 Å². The maximum atomic E-state index is 12.5. The summed E-state index contributed by atoms with van der Waals surface area (Å²) in [7, 11) is 4.76. The van der Waals surface area contributed by atoms with Crippen molar-refractivity contribution in [2.45, 2.75) is 12.9 Å². The van der Waals surface area contributed by atoms with Gasteiger partial charge in [-0.05, 0) is 6.07 Å². The summed E-state index contributed by atoms with van der Waals surface area (Å²) in [6, 6.07) is 5.75. The summed E-state index contributed by atoms with van der Waals surface area (Å²) in [5, 5.41) is 5.76. The summed E-state index contributed by atoms with van der Waals surface area (Å²) >= 11 is 0. The predicted octanol–water partition coefficient (Wildman–Crippen LogP) is 1.35. The van der Waals surface area contributed by atoms with Crippen LogP contribution in [0.5, 0.6) is 5.75 Å². The number of aliphatic imine (C=N–C) groups is 1. The quantitative estimate of drug-likeness (QED) is 0.407. The van der Waals surface area contributed by atoms with E-state index in [4.69, 9.17) is 4.74 Å². The number of likely N-dealkylation sites (N-methyl/N-ethyl adjacent to an activating group) is 1. The van der Waals surface area contributed by atoms with Crippen molar-refractivity contribution >= 4 is 11.9 Å². The van der Waals surface area contributed by atoms with Crippen molar-refractivity contribution in [1.82, 2.24) is 15.5 Å². The lowest BCUT2D eigenvalue weighted by atomic mass is 10.2. The van der Waals surface area contributed by atoms with E-state index in [-0.39, 0.29) is 36.3 Å². The van der Waals surface area contributed by atoms with E-state index in [2.05, 4.69) is 20.4 Å². The number of para-hydroxylation sites is 1. The van der Waals surface area contributed by atoms with Crippen LogP contribution in [0.15, 0.2) is 29.3 Å². The summed E-state index contributed by atoms with van der Waals surface area (Å²) in [4.78, 5) is 17.3. The van der Waals surface area contributed by atoms with Gasteiger partial charge in [0.05, 0.1) is 19.7 Å². The van der Waals surface area contributed by atoms with Gasteiger partial charge in [-0.15, -0.1) is 13.2 Å². The van der Waals surface area contributed by atoms with Crippen molar-refractivity contribution in [1.29, 1.82) is 0 Å². The molecule has 1 aromatic carbocycles. The molecule has 0 spiro atoms. The number of nitrogens with one attached hydrogen (secondary N) is 2. The molecule has 26 heavy (non-hydrogen) atoms. The van der Waals surface area contributed by atoms with Gasteiger partial charge in [-0.1, -0.05) is 18.2 Å². The van der Waals surface area contributed by atoms with Crippen LogP contribution in [0.1, 0.15) is 5.56 Å². The SMILES string of the molecule is COCCNC(=NCc1ccccc1OC(F)(F)F)NCC(=O)N(C)C. The Labute approximate surface area is 150 Å². The number of guanidine groups is 1. The molecule has 0 aromatic heterocycles. The number of carbonyl (C=O) groups is 1. The fraction of sp³-hybridized carbons (Fsp3) is 0.500. The first kappa shape index (κ1) is 21.6. The van der Waals surface area contributed by atoms with E-state index in [1.54, 1.807) is 20.2 Å². The zero-order chi connectivity index (χ0) is 19.6. The molecule has 0 bridgehead atoms. The summed E-state index contributed by atoms with van der Waals surface area (Å²) in [6.07, 6.45) is -4.78. The lowest BCUT2D eigenvalue weighted by molar-refractivity contribution is -0.274. The minimum absolute atomic E-state index is 0.00743. The highest BCUT2D eigenvalue weighted by Crippen LogP contribution is 2.26. The van der Waals surface area contributed by atoms with Crippen molar-refractivity contribution in [3.8, 4) is 5.75 Å². The number of benzene rings is 1. The molecule has 1 rings (SSSR count). The highest BCUT2D eigenvalue weighted by molar-refractivity contribution is 5.86. The molecule has 0 aliphatic rings. The van der Waals surface area contributed by atoms with E-state index < -0.39 is 6.36 Å². The molecule has 7 nitrogen and oxygen atoms in total. The molecule has 10 heteroatoms. The van der Waals surface area contributed by atoms with Crippen LogP contribution in [0.2, 0.25) is 0 Å². The Morgan fingerprint density at radius 2 is 1.92 bits per heavy atom. The van der Waals surface area contributed by atoms with Crippen molar-refractivity contribution in [2.24, 2.45) is 4.99 Å². The molecule has 0 unspecified atom stereocenters. The second-order valence-corrected chi connectivity index (χ2v) is 5.38. The third-order valence-electron chi connectivity index (χ3n) is 3.11. The van der Waals surface area contributed by atoms with Gasteiger partial charge in [-0.25, -0.2) is 4.99 Å². The minimum atomic E-state index is -4.78. The average Bonchev–Trinajstić information content (AvgIpc) is 2.56. The van der Waals surface area contributed by atoms with E-state index in [9.17, 15) is 18.0 Å². The van der Waals surface area contributed by atoms with Crippen LogP contribution in [0.25, 0.3) is 0 Å². The van der Waals surface area contributed by atoms with Crippen LogP contribution in [-0.4, -0.2) is 64.0 Å². The lowest BCUT2D eigenvalue weighted by Crippen LogP contribution is -2.43. The van der Waals surface area contributed by atoms with Crippen molar-refractivity contribution < 1.29 is 27.4 Å². The van der Waals surface area contributed by atoms with E-state index in [0.29, 0.717) is 13.2 Å². The summed E-state index contributed by atoms with van der Waals surface area (Å²) in [5.74, 6) is -0.213. The van der Waals surface area contributed by atoms with Crippen LogP contribution in [0, 0.1) is 0 Å². The average molecular weight is 376 g/mol. The number of carbonyl (C=O) groups excluding carboxylic acids is 1. The molecule has 146 valence electrons. The monoisotopic (exact) mass is 376 g/mol. The summed E-state index contributed by atoms with van der Waals surface area (Å²) in [6.45, 7) is 0.743. The molecule has 1 amide bonds. The van der Waals surface area contributed by atoms with Gasteiger partial charge in [0.15, 0.2) is 5.96 Å². The van der Waals surface area contributed by atoms with Crippen LogP contribution < -0.4 is 15.4 Å². The third-order valence-corrected chi connectivity index (χ3v) is 3.11. The van der Waals surface area contributed by atoms with Gasteiger partial charge in [0.1, 0.15) is 5.75 Å². The van der Waals surface area contributed by atoms with Crippen molar-refractivity contribution in [2.75, 3.05) is 40.9 Å². The van der Waals surface area contributed by atoms with E-state index in [1.807, 2.05) is 0 Å². The first-order chi connectivity index (χ1) is 12.2. The number of nitrogens with zero attached hydrogens (tertiary/aromatic N) is 2. The van der Waals surface area contributed by atoms with Gasteiger partial charge in [-0.2, -0.15) is 0 Å². The smallest absolute Gasteiger partial charge is 0.405 e. The van der Waals surface area contributed by atoms with Crippen molar-refractivity contribution in [3.63, 3.8) is 0 Å². The molecule has 0 fully saturated rings. The number of halogens is 3. The Kier molecular flexibility index (Phi) is 8.70. The lowest BCUT2D eigenvalue weighted by Gasteiger charge is -2.15. The van der Waals surface area contributed by atoms with Crippen LogP contribution in [-0.2, 0) is 16.1 Å². The Bertz CT molecular complexity index is 607. The summed E-state index contributed by atoms with van der Waals surface area (Å²) < 4.78 is 46.3. The fourth-order valence-electron chi connectivity index (χ4n) is 1.79. The second kappa shape index (κ2) is 10.5. The van der Waals surface area contributed by atoms with Crippen LogP contribution >= 0.6 is 0 Å². The maximum Gasteiger partial charge on any atom is 0.573 e. The van der Waals surface area contributed by atoms with E-state index in [1.165, 1.54) is 30.2 Å². The number of ether oxygens (including phenoxy) is 2. The molecule has 0 saturated heterocycles. The molecular weight excluding hydrogens is 353 g/mol. The number of rotatable bonds is 8. The molecule has 1 aromatic rings. The standard InChI is InChI=1S/C16H23F3N4O3/c1-23(2)14(24)11-22-15(20-8-9-25-3)21-10-12-6-4-5-7-13(12)26-16(17,18)19/h4-7H,8-11H2,1-3H3,(H2,20,21,22). The van der Waals surface area contributed by atoms with Crippen molar-refractivity contribution in [3.05, 3.63) is 29.8 Å². The number of amides is 1. The Balaban J connectivity index is 2.83. The molecule has 2 N–H and O–H groups in total. The number of methoxy groups -OCH3 is 1. The Morgan fingerprint density at radius 3 is 2.54 bits per heavy atom. The second-order valence-electron chi connectivity index (χ2n) is 5.38. The van der Waals surface area contributed by atoms with Crippen LogP contribution in [0.3, 0.4) is 0 Å². The minimum Gasteiger partial charge on any atom is -0.405 e. The molecule has 0 saturated carbocycles. The summed E-state index contributed by atoms with van der Waals surface area (Å²) in [5.41, 5.74) is 0.261. The predicted molar refractivity (Wildman–Crippen MR) is 90.8 cm³/mol. The highest BCUT2D eigenvalue weighted by Gasteiger charge is 2.31. The molecule has 0 aliphatic carbocycles. The van der Waals surface area contributed by atoms with E-state index >= 15 is 0 Å². The van der Waals surface area contributed by atoms with Gasteiger partial charge in [0, 0.05) is 33.3 Å². The third kappa shape index (κ3) is 8.56. The zero-order valence-electron chi connectivity index (χ0n) is 14.9. The molecule has 0 radical (unpaired) electrons. The first-order valence-electron chi connectivity index (χ1n) is 7.78. The maximum absolute atomic E-state index is 12.5. The number of hydrogen-bond acceptors (Lipinski definition) is 4. The number of hydrogen-bond donors (Lipinski definition) is 2. The Morgan fingerprint density at radius 1 is 1.23 bits per heavy atom. The largest absolute Gasteiger partial charge is 0.573 e. The molecule has 0 aliphatic heterocycles. The topological polar surface area (TPSA) is 75.2 Å². The number of alkyl halides is 3. The normalized spacial score (nSPS) is 11.8. The molecule has 0 atom stereocenters. The highest BCUT2D eigenvalue weighted by atomic mass is 19.4. The zero-order valence-corrected chi connectivity index (χ0v) is 14.9. The van der Waals surface area contributed by atoms with Gasteiger partial charge in [-0.3, -0.25) is 4.79 Å². The molecule has 0 heterocycles. The van der Waals surface area contributed by atoms with Gasteiger partial charge >= 0.3 is 6.36 Å². The van der Waals surface area contributed by atoms with Gasteiger partial charge in [0.2, 0.25) is 5.91 Å². The Hall–Kier alpha value is -2.49. The van der Waals surface area contributed by atoms with Gasteiger partial charge in [0.25, 0.3) is 0 Å². The van der Waals surface area contributed by atoms with Crippen LogP contribution in [0.4, 0.5) is 13.2 Å². The fourth-order valence-corrected chi connectivity index (χ4v) is 1.79. The van der Waals surface area contributed by atoms with Gasteiger partial charge < -0.3 is 25.0 Å².